The van der Waals surface area contributed by atoms with Crippen LogP contribution in [0.3, 0.4) is 0 Å². The summed E-state index contributed by atoms with van der Waals surface area (Å²) < 4.78 is 5.59. The van der Waals surface area contributed by atoms with E-state index in [-0.39, 0.29) is 0 Å². The van der Waals surface area contributed by atoms with E-state index >= 15 is 0 Å². The number of rotatable bonds is 6. The molecule has 96 valence electrons. The number of anilines is 2. The fourth-order valence-corrected chi connectivity index (χ4v) is 1.59. The summed E-state index contributed by atoms with van der Waals surface area (Å²) in [5.41, 5.74) is 1.02. The lowest BCUT2D eigenvalue weighted by atomic mass is 10.3. The Morgan fingerprint density at radius 3 is 2.72 bits per heavy atom. The summed E-state index contributed by atoms with van der Waals surface area (Å²) in [6.45, 7) is 3.69. The lowest BCUT2D eigenvalue weighted by Crippen LogP contribution is -2.13. The Balaban J connectivity index is 2.01. The first-order valence-electron chi connectivity index (χ1n) is 6.13. The van der Waals surface area contributed by atoms with E-state index in [2.05, 4.69) is 22.4 Å². The van der Waals surface area contributed by atoms with Gasteiger partial charge in [0.25, 0.3) is 0 Å². The molecule has 1 heterocycles. The molecule has 0 radical (unpaired) electrons. The van der Waals surface area contributed by atoms with Crippen molar-refractivity contribution in [2.75, 3.05) is 18.5 Å². The first-order chi connectivity index (χ1) is 8.81. The van der Waals surface area contributed by atoms with Gasteiger partial charge < -0.3 is 9.73 Å². The van der Waals surface area contributed by atoms with Crippen LogP contribution in [0.2, 0.25) is 0 Å². The van der Waals surface area contributed by atoms with Crippen molar-refractivity contribution < 1.29 is 4.42 Å². The van der Waals surface area contributed by atoms with Crippen molar-refractivity contribution in [3.05, 3.63) is 36.2 Å². The minimum atomic E-state index is 0.509. The van der Waals surface area contributed by atoms with Crippen molar-refractivity contribution in [2.24, 2.45) is 0 Å². The maximum Gasteiger partial charge on any atom is 0.322 e. The molecule has 18 heavy (non-hydrogen) atoms. The molecule has 1 N–H and O–H groups in total. The highest BCUT2D eigenvalue weighted by molar-refractivity contribution is 5.54. The minimum Gasteiger partial charge on any atom is -0.406 e. The molecule has 2 aromatic rings. The minimum absolute atomic E-state index is 0.509. The zero-order valence-corrected chi connectivity index (χ0v) is 10.8. The Morgan fingerprint density at radius 1 is 1.22 bits per heavy atom. The second-order valence-corrected chi connectivity index (χ2v) is 4.05. The van der Waals surface area contributed by atoms with Crippen LogP contribution in [0.5, 0.6) is 0 Å². The Morgan fingerprint density at radius 2 is 2.00 bits per heavy atom. The van der Waals surface area contributed by atoms with Crippen molar-refractivity contribution in [2.45, 2.75) is 19.9 Å². The van der Waals surface area contributed by atoms with Crippen LogP contribution in [0, 0.1) is 0 Å². The number of benzene rings is 1. The van der Waals surface area contributed by atoms with E-state index in [1.54, 1.807) is 0 Å². The molecule has 5 heteroatoms. The Labute approximate surface area is 107 Å². The highest BCUT2D eigenvalue weighted by Gasteiger charge is 2.11. The van der Waals surface area contributed by atoms with Gasteiger partial charge in [-0.2, -0.15) is 0 Å². The summed E-state index contributed by atoms with van der Waals surface area (Å²) in [7, 11) is 1.91. The summed E-state index contributed by atoms with van der Waals surface area (Å²) >= 11 is 0. The van der Waals surface area contributed by atoms with Crippen LogP contribution in [-0.4, -0.2) is 23.8 Å². The van der Waals surface area contributed by atoms with Gasteiger partial charge >= 0.3 is 6.01 Å². The fourth-order valence-electron chi connectivity index (χ4n) is 1.59. The molecule has 0 saturated carbocycles. The zero-order chi connectivity index (χ0) is 12.8. The molecule has 0 spiro atoms. The van der Waals surface area contributed by atoms with E-state index in [4.69, 9.17) is 4.42 Å². The van der Waals surface area contributed by atoms with E-state index in [1.165, 1.54) is 0 Å². The van der Waals surface area contributed by atoms with E-state index in [0.717, 1.165) is 18.7 Å². The normalized spacial score (nSPS) is 10.6. The van der Waals surface area contributed by atoms with Crippen molar-refractivity contribution in [1.29, 1.82) is 0 Å². The lowest BCUT2D eigenvalue weighted by molar-refractivity contribution is 0.472. The molecule has 0 fully saturated rings. The summed E-state index contributed by atoms with van der Waals surface area (Å²) in [6, 6.07) is 10.4. The zero-order valence-electron chi connectivity index (χ0n) is 10.8. The molecule has 0 bridgehead atoms. The molecule has 1 aromatic heterocycles. The Bertz CT molecular complexity index is 469. The lowest BCUT2D eigenvalue weighted by Gasteiger charge is -2.13. The molecule has 2 rings (SSSR count). The van der Waals surface area contributed by atoms with Gasteiger partial charge in [-0.1, -0.05) is 30.2 Å². The van der Waals surface area contributed by atoms with Gasteiger partial charge in [-0.3, -0.25) is 4.90 Å². The van der Waals surface area contributed by atoms with E-state index in [0.29, 0.717) is 18.5 Å². The largest absolute Gasteiger partial charge is 0.406 e. The average molecular weight is 246 g/mol. The number of aromatic nitrogens is 2. The molecule has 1 aromatic carbocycles. The quantitative estimate of drug-likeness (QED) is 0.793. The number of hydrogen-bond acceptors (Lipinski definition) is 5. The van der Waals surface area contributed by atoms with Crippen LogP contribution in [0.15, 0.2) is 34.7 Å². The van der Waals surface area contributed by atoms with Gasteiger partial charge in [0.2, 0.25) is 5.89 Å². The molecule has 0 saturated heterocycles. The van der Waals surface area contributed by atoms with Gasteiger partial charge in [0.1, 0.15) is 0 Å². The summed E-state index contributed by atoms with van der Waals surface area (Å²) in [5, 5.41) is 11.3. The highest BCUT2D eigenvalue weighted by atomic mass is 16.4. The third-order valence-electron chi connectivity index (χ3n) is 2.59. The van der Waals surface area contributed by atoms with Crippen molar-refractivity contribution in [1.82, 2.24) is 15.5 Å². The molecule has 0 unspecified atom stereocenters. The van der Waals surface area contributed by atoms with Crippen molar-refractivity contribution in [3.63, 3.8) is 0 Å². The highest BCUT2D eigenvalue weighted by Crippen LogP contribution is 2.21. The summed E-state index contributed by atoms with van der Waals surface area (Å²) in [5.74, 6) is 0.612. The van der Waals surface area contributed by atoms with Gasteiger partial charge in [-0.15, -0.1) is 5.10 Å². The molecule has 0 aliphatic heterocycles. The Hall–Kier alpha value is -1.88. The van der Waals surface area contributed by atoms with Crippen LogP contribution in [-0.2, 0) is 6.54 Å². The van der Waals surface area contributed by atoms with E-state index in [9.17, 15) is 0 Å². The third-order valence-corrected chi connectivity index (χ3v) is 2.59. The smallest absolute Gasteiger partial charge is 0.322 e. The molecule has 0 aliphatic carbocycles. The van der Waals surface area contributed by atoms with E-state index < -0.39 is 0 Å². The number of nitrogens with one attached hydrogen (secondary N) is 1. The number of para-hydroxylation sites is 1. The molecule has 0 atom stereocenters. The second-order valence-electron chi connectivity index (χ2n) is 4.05. The molecule has 0 aliphatic rings. The number of hydrogen-bond donors (Lipinski definition) is 1. The van der Waals surface area contributed by atoms with Gasteiger partial charge in [-0.25, -0.2) is 0 Å². The van der Waals surface area contributed by atoms with E-state index in [1.807, 2.05) is 42.3 Å². The Kier molecular flexibility index (Phi) is 4.30. The number of nitrogens with zero attached hydrogens (tertiary/aromatic N) is 3. The fraction of sp³-hybridized carbons (Fsp3) is 0.385. The summed E-state index contributed by atoms with van der Waals surface area (Å²) in [6.07, 6.45) is 1.09. The van der Waals surface area contributed by atoms with Crippen molar-refractivity contribution in [3.8, 4) is 0 Å². The monoisotopic (exact) mass is 246 g/mol. The van der Waals surface area contributed by atoms with Gasteiger partial charge in [-0.05, 0) is 25.1 Å². The first-order valence-corrected chi connectivity index (χ1v) is 6.13. The van der Waals surface area contributed by atoms with Crippen LogP contribution < -0.4 is 10.2 Å². The topological polar surface area (TPSA) is 54.2 Å². The maximum absolute atomic E-state index is 5.59. The SMILES string of the molecule is CCCNCc1nnc(N(C)c2ccccc2)o1. The molecular weight excluding hydrogens is 228 g/mol. The van der Waals surface area contributed by atoms with Crippen molar-refractivity contribution >= 4 is 11.7 Å². The predicted octanol–water partition coefficient (Wildman–Crippen LogP) is 2.34. The van der Waals surface area contributed by atoms with Crippen LogP contribution in [0.1, 0.15) is 19.2 Å². The molecule has 0 amide bonds. The first kappa shape index (κ1) is 12.6. The van der Waals surface area contributed by atoms with Crippen LogP contribution in [0.4, 0.5) is 11.7 Å². The van der Waals surface area contributed by atoms with Gasteiger partial charge in [0.05, 0.1) is 6.54 Å². The molecule has 5 nitrogen and oxygen atoms in total. The molecular formula is C13H18N4O. The van der Waals surface area contributed by atoms with Crippen LogP contribution >= 0.6 is 0 Å². The average Bonchev–Trinajstić information content (AvgIpc) is 2.88. The standard InChI is InChI=1S/C13H18N4O/c1-3-9-14-10-12-15-16-13(18-12)17(2)11-7-5-4-6-8-11/h4-8,14H,3,9-10H2,1-2H3. The summed E-state index contributed by atoms with van der Waals surface area (Å²) in [4.78, 5) is 1.87. The van der Waals surface area contributed by atoms with Gasteiger partial charge in [0.15, 0.2) is 0 Å². The van der Waals surface area contributed by atoms with Gasteiger partial charge in [0, 0.05) is 12.7 Å². The second kappa shape index (κ2) is 6.16. The predicted molar refractivity (Wildman–Crippen MR) is 70.8 cm³/mol. The van der Waals surface area contributed by atoms with Crippen LogP contribution in [0.25, 0.3) is 0 Å². The third kappa shape index (κ3) is 3.07. The maximum atomic E-state index is 5.59.